The second-order valence-corrected chi connectivity index (χ2v) is 7.18. The van der Waals surface area contributed by atoms with Crippen molar-refractivity contribution < 1.29 is 14.7 Å². The minimum atomic E-state index is -0.929. The van der Waals surface area contributed by atoms with Crippen molar-refractivity contribution in [1.29, 1.82) is 0 Å². The topological polar surface area (TPSA) is 96.5 Å². The predicted molar refractivity (Wildman–Crippen MR) is 115 cm³/mol. The summed E-state index contributed by atoms with van der Waals surface area (Å²) in [5.41, 5.74) is 9.62. The van der Waals surface area contributed by atoms with Gasteiger partial charge < -0.3 is 15.7 Å². The van der Waals surface area contributed by atoms with E-state index < -0.39 is 11.9 Å². The van der Waals surface area contributed by atoms with Gasteiger partial charge in [-0.05, 0) is 59.9 Å². The van der Waals surface area contributed by atoms with Crippen LogP contribution in [0.25, 0.3) is 22.0 Å². The quantitative estimate of drug-likeness (QED) is 0.608. The summed E-state index contributed by atoms with van der Waals surface area (Å²) in [5.74, 6) is -0.862. The van der Waals surface area contributed by atoms with E-state index in [1.54, 1.807) is 30.1 Å². The first-order valence-electron chi connectivity index (χ1n) is 9.66. The molecule has 150 valence electrons. The molecule has 1 aromatic heterocycles. The van der Waals surface area contributed by atoms with Crippen LogP contribution in [0, 0.1) is 0 Å². The molecule has 0 spiro atoms. The fourth-order valence-electron chi connectivity index (χ4n) is 3.35. The lowest BCUT2D eigenvalue weighted by Gasteiger charge is -2.19. The zero-order valence-electron chi connectivity index (χ0n) is 16.7. The van der Waals surface area contributed by atoms with Gasteiger partial charge in [-0.2, -0.15) is 0 Å². The molecule has 6 nitrogen and oxygen atoms in total. The summed E-state index contributed by atoms with van der Waals surface area (Å²) in [6.07, 6.45) is 3.20. The number of likely N-dealkylation sites (N-methyl/N-ethyl adjacent to an activating group) is 1. The molecule has 0 aliphatic rings. The van der Waals surface area contributed by atoms with Gasteiger partial charge in [0.05, 0.1) is 5.52 Å². The Bertz CT molecular complexity index is 1060. The van der Waals surface area contributed by atoms with Gasteiger partial charge in [-0.1, -0.05) is 31.5 Å². The molecule has 0 atom stereocenters. The first-order chi connectivity index (χ1) is 13.9. The van der Waals surface area contributed by atoms with Crippen molar-refractivity contribution in [2.45, 2.75) is 26.2 Å². The van der Waals surface area contributed by atoms with Crippen LogP contribution in [-0.4, -0.2) is 35.6 Å². The number of hydrogen-bond donors (Lipinski definition) is 2. The molecule has 0 aliphatic heterocycles. The minimum absolute atomic E-state index is 0.159. The molecule has 0 bridgehead atoms. The maximum atomic E-state index is 11.7. The van der Waals surface area contributed by atoms with Gasteiger partial charge in [0.25, 0.3) is 0 Å². The third-order valence-corrected chi connectivity index (χ3v) is 4.90. The molecule has 0 fully saturated rings. The van der Waals surface area contributed by atoms with E-state index in [0.29, 0.717) is 11.4 Å². The summed E-state index contributed by atoms with van der Waals surface area (Å²) in [7, 11) is 1.70. The second-order valence-electron chi connectivity index (χ2n) is 7.18. The smallest absolute Gasteiger partial charge is 0.323 e. The van der Waals surface area contributed by atoms with E-state index in [4.69, 9.17) is 10.8 Å². The van der Waals surface area contributed by atoms with E-state index in [2.05, 4.69) is 24.0 Å². The molecule has 3 rings (SSSR count). The summed E-state index contributed by atoms with van der Waals surface area (Å²) < 4.78 is 0. The van der Waals surface area contributed by atoms with Gasteiger partial charge >= 0.3 is 5.97 Å². The van der Waals surface area contributed by atoms with Crippen LogP contribution in [0.5, 0.6) is 0 Å². The average molecular weight is 391 g/mol. The first-order valence-corrected chi connectivity index (χ1v) is 9.66. The SMILES string of the molecule is CCCCc1ccc2nc(N(C)CC(=O)O)cc(-c3cccc(C(N)=O)c3)c2c1. The Morgan fingerprint density at radius 1 is 1.14 bits per heavy atom. The number of benzene rings is 2. The van der Waals surface area contributed by atoms with Crippen LogP contribution >= 0.6 is 0 Å². The number of aryl methyl sites for hydroxylation is 1. The molecule has 0 saturated heterocycles. The number of carboxylic acids is 1. The van der Waals surface area contributed by atoms with E-state index in [-0.39, 0.29) is 6.54 Å². The second kappa shape index (κ2) is 8.73. The van der Waals surface area contributed by atoms with Crippen LogP contribution in [0.3, 0.4) is 0 Å². The number of hydrogen-bond acceptors (Lipinski definition) is 4. The summed E-state index contributed by atoms with van der Waals surface area (Å²) in [5, 5.41) is 10.1. The number of pyridine rings is 1. The maximum absolute atomic E-state index is 11.7. The van der Waals surface area contributed by atoms with Crippen molar-refractivity contribution in [3.8, 4) is 11.1 Å². The van der Waals surface area contributed by atoms with Crippen molar-refractivity contribution in [3.05, 3.63) is 59.7 Å². The predicted octanol–water partition coefficient (Wildman–Crippen LogP) is 3.86. The monoisotopic (exact) mass is 391 g/mol. The molecule has 6 heteroatoms. The zero-order valence-corrected chi connectivity index (χ0v) is 16.7. The van der Waals surface area contributed by atoms with Gasteiger partial charge in [0, 0.05) is 18.0 Å². The number of aromatic nitrogens is 1. The number of carboxylic acid groups (broad SMARTS) is 1. The minimum Gasteiger partial charge on any atom is -0.480 e. The van der Waals surface area contributed by atoms with Crippen LogP contribution < -0.4 is 10.6 Å². The largest absolute Gasteiger partial charge is 0.480 e. The Kier molecular flexibility index (Phi) is 6.12. The van der Waals surface area contributed by atoms with Crippen molar-refractivity contribution >= 4 is 28.6 Å². The zero-order chi connectivity index (χ0) is 21.0. The van der Waals surface area contributed by atoms with Gasteiger partial charge in [0.2, 0.25) is 5.91 Å². The van der Waals surface area contributed by atoms with Crippen molar-refractivity contribution in [2.24, 2.45) is 5.73 Å². The van der Waals surface area contributed by atoms with E-state index in [0.717, 1.165) is 41.3 Å². The highest BCUT2D eigenvalue weighted by Crippen LogP contribution is 2.32. The van der Waals surface area contributed by atoms with E-state index in [1.807, 2.05) is 18.2 Å². The normalized spacial score (nSPS) is 10.8. The molecule has 0 unspecified atom stereocenters. The number of aliphatic carboxylic acids is 1. The number of nitrogens with two attached hydrogens (primary N) is 1. The third-order valence-electron chi connectivity index (χ3n) is 4.90. The highest BCUT2D eigenvalue weighted by molar-refractivity contribution is 5.99. The van der Waals surface area contributed by atoms with Crippen LogP contribution in [0.4, 0.5) is 5.82 Å². The van der Waals surface area contributed by atoms with Gasteiger partial charge in [-0.15, -0.1) is 0 Å². The van der Waals surface area contributed by atoms with E-state index in [1.165, 1.54) is 5.56 Å². The first kappa shape index (κ1) is 20.3. The number of primary amides is 1. The molecule has 3 aromatic rings. The van der Waals surface area contributed by atoms with Gasteiger partial charge in [0.15, 0.2) is 0 Å². The molecule has 0 radical (unpaired) electrons. The number of carbonyl (C=O) groups is 2. The van der Waals surface area contributed by atoms with Crippen LogP contribution in [0.15, 0.2) is 48.5 Å². The molecular formula is C23H25N3O3. The van der Waals surface area contributed by atoms with Gasteiger partial charge in [0.1, 0.15) is 12.4 Å². The molecule has 2 aromatic carbocycles. The molecule has 1 amide bonds. The lowest BCUT2D eigenvalue weighted by molar-refractivity contribution is -0.135. The standard InChI is InChI=1S/C23H25N3O3/c1-3-4-6-15-9-10-20-19(11-15)18(13-21(25-20)26(2)14-22(27)28)16-7-5-8-17(12-16)23(24)29/h5,7-13H,3-4,6,14H2,1-2H3,(H2,24,29)(H,27,28). The summed E-state index contributed by atoms with van der Waals surface area (Å²) in [6.45, 7) is 2.00. The average Bonchev–Trinajstić information content (AvgIpc) is 2.70. The van der Waals surface area contributed by atoms with Crippen LogP contribution in [0.1, 0.15) is 35.7 Å². The molecule has 0 aliphatic carbocycles. The lowest BCUT2D eigenvalue weighted by Crippen LogP contribution is -2.26. The fourth-order valence-corrected chi connectivity index (χ4v) is 3.35. The van der Waals surface area contributed by atoms with E-state index in [9.17, 15) is 9.59 Å². The number of rotatable bonds is 8. The number of unbranched alkanes of at least 4 members (excludes halogenated alkanes) is 1. The Labute approximate surface area is 170 Å². The third kappa shape index (κ3) is 4.71. The van der Waals surface area contributed by atoms with Crippen molar-refractivity contribution in [1.82, 2.24) is 4.98 Å². The lowest BCUT2D eigenvalue weighted by atomic mass is 9.96. The highest BCUT2D eigenvalue weighted by atomic mass is 16.4. The summed E-state index contributed by atoms with van der Waals surface area (Å²) >= 11 is 0. The number of fused-ring (bicyclic) bond motifs is 1. The number of nitrogens with zero attached hydrogens (tertiary/aromatic N) is 2. The maximum Gasteiger partial charge on any atom is 0.323 e. The van der Waals surface area contributed by atoms with E-state index >= 15 is 0 Å². The van der Waals surface area contributed by atoms with Gasteiger partial charge in [-0.25, -0.2) is 4.98 Å². The Morgan fingerprint density at radius 2 is 1.93 bits per heavy atom. The Balaban J connectivity index is 2.20. The molecular weight excluding hydrogens is 366 g/mol. The number of amides is 1. The fraction of sp³-hybridized carbons (Fsp3) is 0.261. The van der Waals surface area contributed by atoms with Crippen molar-refractivity contribution in [3.63, 3.8) is 0 Å². The molecule has 3 N–H and O–H groups in total. The number of carbonyl (C=O) groups excluding carboxylic acids is 1. The van der Waals surface area contributed by atoms with Crippen LogP contribution in [0.2, 0.25) is 0 Å². The van der Waals surface area contributed by atoms with Crippen LogP contribution in [-0.2, 0) is 11.2 Å². The van der Waals surface area contributed by atoms with Gasteiger partial charge in [-0.3, -0.25) is 9.59 Å². The molecule has 0 saturated carbocycles. The summed E-state index contributed by atoms with van der Waals surface area (Å²) in [6, 6.07) is 15.2. The summed E-state index contributed by atoms with van der Waals surface area (Å²) in [4.78, 5) is 29.1. The Hall–Kier alpha value is -3.41. The van der Waals surface area contributed by atoms with Crippen molar-refractivity contribution in [2.75, 3.05) is 18.5 Å². The Morgan fingerprint density at radius 3 is 2.62 bits per heavy atom. The highest BCUT2D eigenvalue weighted by Gasteiger charge is 2.14. The molecule has 29 heavy (non-hydrogen) atoms. The molecule has 1 heterocycles. The number of anilines is 1.